The van der Waals surface area contributed by atoms with E-state index >= 15 is 0 Å². The van der Waals surface area contributed by atoms with Crippen LogP contribution in [-0.2, 0) is 6.54 Å². The second kappa shape index (κ2) is 8.32. The van der Waals surface area contributed by atoms with E-state index in [2.05, 4.69) is 46.6 Å². The van der Waals surface area contributed by atoms with Gasteiger partial charge < -0.3 is 5.73 Å². The van der Waals surface area contributed by atoms with E-state index in [1.165, 1.54) is 22.2 Å². The van der Waals surface area contributed by atoms with Crippen molar-refractivity contribution in [3.8, 4) is 40.1 Å². The molecule has 0 aliphatic heterocycles. The van der Waals surface area contributed by atoms with E-state index in [-0.39, 0.29) is 12.5 Å². The average Bonchev–Trinajstić information content (AvgIpc) is 3.66. The van der Waals surface area contributed by atoms with Crippen molar-refractivity contribution in [1.29, 1.82) is 5.26 Å². The van der Waals surface area contributed by atoms with Crippen LogP contribution in [0.25, 0.3) is 39.7 Å². The molecule has 0 amide bonds. The number of thiazole rings is 1. The van der Waals surface area contributed by atoms with Gasteiger partial charge in [-0.25, -0.2) is 29.6 Å². The van der Waals surface area contributed by atoms with Crippen LogP contribution in [0.2, 0.25) is 0 Å². The van der Waals surface area contributed by atoms with E-state index in [0.717, 1.165) is 0 Å². The van der Waals surface area contributed by atoms with E-state index in [1.54, 1.807) is 40.7 Å². The zero-order valence-corrected chi connectivity index (χ0v) is 18.6. The number of nitrogens with two attached hydrogens (primary N) is 1. The first kappa shape index (κ1) is 20.4. The maximum absolute atomic E-state index is 9.37. The lowest BCUT2D eigenvalue weighted by Gasteiger charge is -2.11. The van der Waals surface area contributed by atoms with Gasteiger partial charge in [-0.1, -0.05) is 12.1 Å². The molecule has 0 aliphatic rings. The quantitative estimate of drug-likeness (QED) is 0.382. The van der Waals surface area contributed by atoms with Crippen LogP contribution in [-0.4, -0.2) is 54.7 Å². The molecule has 5 aromatic heterocycles. The fourth-order valence-electron chi connectivity index (χ4n) is 3.64. The molecule has 2 N–H and O–H groups in total. The molecule has 6 aromatic rings. The molecule has 0 unspecified atom stereocenters. The Morgan fingerprint density at radius 2 is 2.06 bits per heavy atom. The predicted octanol–water partition coefficient (Wildman–Crippen LogP) is 1.86. The summed E-state index contributed by atoms with van der Waals surface area (Å²) in [5, 5.41) is 27.7. The van der Waals surface area contributed by atoms with E-state index in [4.69, 9.17) is 10.7 Å². The Hall–Kier alpha value is -5.16. The largest absolute Gasteiger partial charge is 0.368 e. The minimum atomic E-state index is 0.130. The van der Waals surface area contributed by atoms with E-state index in [0.29, 0.717) is 51.1 Å². The Balaban J connectivity index is 1.54. The number of nitriles is 1. The summed E-state index contributed by atoms with van der Waals surface area (Å²) in [5.41, 5.74) is 12.0. The van der Waals surface area contributed by atoms with Gasteiger partial charge in [0.2, 0.25) is 11.8 Å². The molecule has 168 valence electrons. The second-order valence-electron chi connectivity index (χ2n) is 7.28. The molecule has 13 nitrogen and oxygen atoms in total. The van der Waals surface area contributed by atoms with Gasteiger partial charge in [0.05, 0.1) is 34.1 Å². The number of fused-ring (bicyclic) bond motifs is 1. The van der Waals surface area contributed by atoms with E-state index in [9.17, 15) is 5.26 Å². The highest BCUT2D eigenvalue weighted by molar-refractivity contribution is 7.07. The topological polar surface area (TPSA) is 175 Å². The van der Waals surface area contributed by atoms with Crippen LogP contribution in [0.3, 0.4) is 0 Å². The number of anilines is 1. The van der Waals surface area contributed by atoms with Crippen LogP contribution in [0.15, 0.2) is 53.7 Å². The minimum absolute atomic E-state index is 0.130. The van der Waals surface area contributed by atoms with Crippen LogP contribution in [0.4, 0.5) is 5.95 Å². The summed E-state index contributed by atoms with van der Waals surface area (Å²) in [7, 11) is 0. The van der Waals surface area contributed by atoms with Gasteiger partial charge >= 0.3 is 0 Å². The Labute approximate surface area is 200 Å². The summed E-state index contributed by atoms with van der Waals surface area (Å²) in [6.07, 6.45) is 3.07. The van der Waals surface area contributed by atoms with Crippen LogP contribution in [0, 0.1) is 11.3 Å². The number of tetrazole rings is 1. The molecule has 0 atom stereocenters. The van der Waals surface area contributed by atoms with Crippen molar-refractivity contribution in [1.82, 2.24) is 54.7 Å². The molecule has 0 saturated carbocycles. The molecular formula is C21H13N13S. The van der Waals surface area contributed by atoms with Gasteiger partial charge in [0.1, 0.15) is 18.6 Å². The van der Waals surface area contributed by atoms with Gasteiger partial charge in [0.25, 0.3) is 0 Å². The fraction of sp³-hybridized carbons (Fsp3) is 0.0476. The highest BCUT2D eigenvalue weighted by Crippen LogP contribution is 2.34. The summed E-state index contributed by atoms with van der Waals surface area (Å²) >= 11 is 1.45. The van der Waals surface area contributed by atoms with Gasteiger partial charge in [-0.15, -0.1) is 21.5 Å². The summed E-state index contributed by atoms with van der Waals surface area (Å²) in [6, 6.07) is 11.0. The number of nitrogen functional groups attached to an aromatic ring is 1. The van der Waals surface area contributed by atoms with Crippen LogP contribution < -0.4 is 5.73 Å². The second-order valence-corrected chi connectivity index (χ2v) is 8.00. The number of hydrogen-bond acceptors (Lipinski definition) is 12. The van der Waals surface area contributed by atoms with Crippen LogP contribution in [0.1, 0.15) is 11.4 Å². The molecular weight excluding hydrogens is 466 g/mol. The molecule has 14 heteroatoms. The Bertz CT molecular complexity index is 1700. The monoisotopic (exact) mass is 479 g/mol. The molecule has 6 rings (SSSR count). The van der Waals surface area contributed by atoms with E-state index in [1.807, 2.05) is 11.4 Å². The van der Waals surface area contributed by atoms with Crippen molar-refractivity contribution in [2.24, 2.45) is 0 Å². The van der Waals surface area contributed by atoms with E-state index < -0.39 is 0 Å². The first-order valence-electron chi connectivity index (χ1n) is 10.2. The molecule has 0 fully saturated rings. The summed E-state index contributed by atoms with van der Waals surface area (Å²) < 4.78 is 3.02. The lowest BCUT2D eigenvalue weighted by molar-refractivity contribution is 0.627. The molecule has 5 heterocycles. The van der Waals surface area contributed by atoms with Gasteiger partial charge in [0, 0.05) is 17.1 Å². The molecule has 0 saturated heterocycles. The predicted molar refractivity (Wildman–Crippen MR) is 124 cm³/mol. The van der Waals surface area contributed by atoms with Crippen molar-refractivity contribution in [2.45, 2.75) is 6.54 Å². The Morgan fingerprint density at radius 1 is 1.11 bits per heavy atom. The zero-order chi connectivity index (χ0) is 23.8. The lowest BCUT2D eigenvalue weighted by atomic mass is 10.0. The van der Waals surface area contributed by atoms with Crippen LogP contribution >= 0.6 is 11.3 Å². The average molecular weight is 479 g/mol. The third kappa shape index (κ3) is 3.61. The van der Waals surface area contributed by atoms with Crippen molar-refractivity contribution >= 4 is 22.9 Å². The van der Waals surface area contributed by atoms with Crippen molar-refractivity contribution < 1.29 is 0 Å². The number of hydrogen-bond donors (Lipinski definition) is 1. The highest BCUT2D eigenvalue weighted by atomic mass is 32.1. The summed E-state index contributed by atoms with van der Waals surface area (Å²) in [6.45, 7) is 0.184. The molecule has 1 aromatic carbocycles. The third-order valence-corrected chi connectivity index (χ3v) is 5.73. The standard InChI is InChI=1S/C21H13N13S/c22-7-12-2-1-3-13(6-12)18-17(14-4-5-24-10-25-14)20-27-16(30-34(20)21(23)28-18)8-33-19(29-31-32-33)15-9-35-11-26-15/h1-6,9-11H,8H2,(H2,23,28). The van der Waals surface area contributed by atoms with Gasteiger partial charge in [-0.2, -0.15) is 9.78 Å². The molecule has 35 heavy (non-hydrogen) atoms. The normalized spacial score (nSPS) is 11.1. The van der Waals surface area contributed by atoms with Crippen molar-refractivity contribution in [3.63, 3.8) is 0 Å². The van der Waals surface area contributed by atoms with Crippen LogP contribution in [0.5, 0.6) is 0 Å². The van der Waals surface area contributed by atoms with Gasteiger partial charge in [-0.05, 0) is 28.6 Å². The SMILES string of the molecule is N#Cc1cccc(-c2nc(N)n3nc(Cn4nnnc4-c4cscn4)nc3c2-c2ccncn2)c1. The maximum atomic E-state index is 9.37. The third-order valence-electron chi connectivity index (χ3n) is 5.14. The maximum Gasteiger partial charge on any atom is 0.223 e. The fourth-order valence-corrected chi connectivity index (χ4v) is 4.17. The first-order chi connectivity index (χ1) is 17.2. The van der Waals surface area contributed by atoms with Gasteiger partial charge in [0.15, 0.2) is 11.5 Å². The number of aromatic nitrogens is 11. The smallest absolute Gasteiger partial charge is 0.223 e. The first-order valence-corrected chi connectivity index (χ1v) is 11.1. The molecule has 0 aliphatic carbocycles. The number of benzene rings is 1. The lowest BCUT2D eigenvalue weighted by Crippen LogP contribution is -2.07. The zero-order valence-electron chi connectivity index (χ0n) is 17.8. The molecule has 0 radical (unpaired) electrons. The molecule has 0 spiro atoms. The molecule has 0 bridgehead atoms. The summed E-state index contributed by atoms with van der Waals surface area (Å²) in [4.78, 5) is 22.0. The highest BCUT2D eigenvalue weighted by Gasteiger charge is 2.22. The number of rotatable bonds is 5. The minimum Gasteiger partial charge on any atom is -0.368 e. The Morgan fingerprint density at radius 3 is 2.86 bits per heavy atom. The van der Waals surface area contributed by atoms with Crippen molar-refractivity contribution in [3.05, 3.63) is 65.1 Å². The Kier molecular flexibility index (Phi) is 4.86. The summed E-state index contributed by atoms with van der Waals surface area (Å²) in [5.74, 6) is 1.05. The number of nitrogens with zero attached hydrogens (tertiary/aromatic N) is 12. The van der Waals surface area contributed by atoms with Crippen molar-refractivity contribution in [2.75, 3.05) is 5.73 Å². The van der Waals surface area contributed by atoms with Gasteiger partial charge in [-0.3, -0.25) is 0 Å².